The minimum atomic E-state index is -1.51. The average molecular weight is 873 g/mol. The summed E-state index contributed by atoms with van der Waals surface area (Å²) in [5, 5.41) is 25.3. The number of allylic oxidation sites excluding steroid dienone is 1. The Morgan fingerprint density at radius 2 is 1.84 bits per heavy atom. The Labute approximate surface area is 364 Å². The maximum Gasteiger partial charge on any atom is 0.330 e. The van der Waals surface area contributed by atoms with E-state index in [0.717, 1.165) is 18.0 Å². The molecule has 1 saturated carbocycles. The summed E-state index contributed by atoms with van der Waals surface area (Å²) in [5.74, 6) is -2.89. The number of carboxylic acids is 1. The van der Waals surface area contributed by atoms with Crippen LogP contribution in [0.15, 0.2) is 41.8 Å². The second-order valence-electron chi connectivity index (χ2n) is 17.2. The van der Waals surface area contributed by atoms with Gasteiger partial charge in [0.25, 0.3) is 5.91 Å². The number of benzene rings is 1. The van der Waals surface area contributed by atoms with E-state index < -0.39 is 65.4 Å². The summed E-state index contributed by atoms with van der Waals surface area (Å²) in [5.41, 5.74) is 0.215. The molecule has 5 N–H and O–H groups in total. The third kappa shape index (κ3) is 9.64. The molecule has 4 aliphatic rings. The van der Waals surface area contributed by atoms with Crippen molar-refractivity contribution in [3.8, 4) is 22.9 Å². The minimum Gasteiger partial charge on any atom is -0.497 e. The zero-order valence-electron chi connectivity index (χ0n) is 35.8. The van der Waals surface area contributed by atoms with E-state index in [-0.39, 0.29) is 56.6 Å². The van der Waals surface area contributed by atoms with Gasteiger partial charge in [0.2, 0.25) is 17.7 Å². The fourth-order valence-corrected chi connectivity index (χ4v) is 9.32. The number of carbonyl (C=O) groups is 6. The predicted octanol–water partition coefficient (Wildman–Crippen LogP) is 4.86. The van der Waals surface area contributed by atoms with Crippen molar-refractivity contribution in [2.75, 3.05) is 25.5 Å². The second-order valence-corrected chi connectivity index (χ2v) is 18.1. The lowest BCUT2D eigenvalue weighted by molar-refractivity contribution is -0.145. The van der Waals surface area contributed by atoms with Crippen molar-refractivity contribution in [1.29, 1.82) is 0 Å². The highest BCUT2D eigenvalue weighted by Crippen LogP contribution is 2.45. The van der Waals surface area contributed by atoms with E-state index in [1.54, 1.807) is 39.2 Å². The number of amides is 6. The first-order chi connectivity index (χ1) is 29.7. The molecule has 5 heterocycles. The maximum atomic E-state index is 14.8. The molecule has 0 radical (unpaired) electrons. The zero-order valence-corrected chi connectivity index (χ0v) is 36.6. The Balaban J connectivity index is 1.19. The molecular weight excluding hydrogens is 817 g/mol. The summed E-state index contributed by atoms with van der Waals surface area (Å²) in [6.07, 6.45) is 7.06. The summed E-state index contributed by atoms with van der Waals surface area (Å²) in [6, 6.07) is 3.30. The topological polar surface area (TPSA) is 221 Å². The fourth-order valence-electron chi connectivity index (χ4n) is 8.47. The largest absolute Gasteiger partial charge is 0.497 e. The van der Waals surface area contributed by atoms with Crippen LogP contribution < -0.4 is 30.7 Å². The van der Waals surface area contributed by atoms with Crippen LogP contribution in [0.2, 0.25) is 0 Å². The molecule has 332 valence electrons. The molecule has 3 fully saturated rings. The van der Waals surface area contributed by atoms with Crippen molar-refractivity contribution < 1.29 is 43.3 Å². The number of urea groups is 1. The Hall–Kier alpha value is -5.78. The molecule has 1 aliphatic carbocycles. The van der Waals surface area contributed by atoms with Gasteiger partial charge in [0.15, 0.2) is 5.13 Å². The van der Waals surface area contributed by atoms with Gasteiger partial charge in [-0.05, 0) is 64.0 Å². The molecule has 3 aliphatic heterocycles. The Morgan fingerprint density at radius 1 is 1.03 bits per heavy atom. The molecule has 1 aromatic carbocycles. The number of hydrogen-bond acceptors (Lipinski definition) is 12. The number of carboxylic acid groups (broad SMARTS) is 1. The number of carbonyl (C=O) groups excluding carboxylic acids is 5. The SMILES string of the molecule is COc1ccc2c(O[C@@H]3C[C@H]4C(=O)N[C@]5(C(=O)O)CC5/C=C\CCCCC[C@H](NC(=O)N[C@H](C(=O)N5CCCC5=O)C(C)C)C(=O)N4C3)cc(-c3csc(NC(C)C)n3)nc2c1. The van der Waals surface area contributed by atoms with Gasteiger partial charge in [-0.3, -0.25) is 24.1 Å². The highest BCUT2D eigenvalue weighted by Gasteiger charge is 2.61. The highest BCUT2D eigenvalue weighted by atomic mass is 32.1. The number of nitrogens with one attached hydrogen (secondary N) is 4. The zero-order chi connectivity index (χ0) is 44.3. The molecule has 0 bridgehead atoms. The van der Waals surface area contributed by atoms with E-state index in [9.17, 15) is 33.9 Å². The van der Waals surface area contributed by atoms with Crippen molar-refractivity contribution in [3.63, 3.8) is 0 Å². The number of rotatable bonds is 11. The number of methoxy groups -OCH3 is 1. The number of pyridine rings is 1. The van der Waals surface area contributed by atoms with Crippen LogP contribution in [-0.2, 0) is 24.0 Å². The summed E-state index contributed by atoms with van der Waals surface area (Å²) < 4.78 is 12.2. The van der Waals surface area contributed by atoms with E-state index in [1.165, 1.54) is 21.1 Å². The van der Waals surface area contributed by atoms with Gasteiger partial charge in [-0.2, -0.15) is 0 Å². The number of nitrogens with zero attached hydrogens (tertiary/aromatic N) is 4. The normalized spacial score (nSPS) is 25.3. The molecule has 1 unspecified atom stereocenters. The monoisotopic (exact) mass is 872 g/mol. The van der Waals surface area contributed by atoms with E-state index >= 15 is 0 Å². The Bertz CT molecular complexity index is 2250. The van der Waals surface area contributed by atoms with Crippen LogP contribution >= 0.6 is 11.3 Å². The number of aromatic nitrogens is 2. The summed E-state index contributed by atoms with van der Waals surface area (Å²) >= 11 is 1.44. The molecule has 17 nitrogen and oxygen atoms in total. The molecule has 18 heteroatoms. The molecule has 62 heavy (non-hydrogen) atoms. The summed E-state index contributed by atoms with van der Waals surface area (Å²) in [4.78, 5) is 93.6. The van der Waals surface area contributed by atoms with Crippen molar-refractivity contribution in [3.05, 3.63) is 41.8 Å². The Morgan fingerprint density at radius 3 is 2.55 bits per heavy atom. The first-order valence-corrected chi connectivity index (χ1v) is 22.4. The molecule has 6 atom stereocenters. The molecular formula is C44H56N8O9S. The number of imide groups is 1. The number of fused-ring (bicyclic) bond motifs is 3. The van der Waals surface area contributed by atoms with Gasteiger partial charge >= 0.3 is 12.0 Å². The smallest absolute Gasteiger partial charge is 0.330 e. The van der Waals surface area contributed by atoms with E-state index in [4.69, 9.17) is 19.4 Å². The lowest BCUT2D eigenvalue weighted by Gasteiger charge is -2.30. The van der Waals surface area contributed by atoms with Crippen LogP contribution in [-0.4, -0.2) is 117 Å². The van der Waals surface area contributed by atoms with Gasteiger partial charge in [-0.15, -0.1) is 11.3 Å². The lowest BCUT2D eigenvalue weighted by atomic mass is 10.0. The number of thiazole rings is 1. The number of ether oxygens (including phenoxy) is 2. The quantitative estimate of drug-likeness (QED) is 0.163. The first-order valence-electron chi connectivity index (χ1n) is 21.5. The Kier molecular flexibility index (Phi) is 13.3. The van der Waals surface area contributed by atoms with E-state index in [1.807, 2.05) is 37.4 Å². The van der Waals surface area contributed by atoms with Crippen molar-refractivity contribution >= 4 is 63.0 Å². The highest BCUT2D eigenvalue weighted by molar-refractivity contribution is 7.14. The van der Waals surface area contributed by atoms with Crippen LogP contribution in [0.5, 0.6) is 11.5 Å². The van der Waals surface area contributed by atoms with Crippen molar-refractivity contribution in [2.24, 2.45) is 11.8 Å². The molecule has 6 amide bonds. The number of hydrogen-bond donors (Lipinski definition) is 5. The van der Waals surface area contributed by atoms with Crippen LogP contribution in [0.25, 0.3) is 22.3 Å². The minimum absolute atomic E-state index is 0.0228. The lowest BCUT2D eigenvalue weighted by Crippen LogP contribution is -2.59. The predicted molar refractivity (Wildman–Crippen MR) is 232 cm³/mol. The third-order valence-electron chi connectivity index (χ3n) is 11.9. The van der Waals surface area contributed by atoms with Crippen molar-refractivity contribution in [2.45, 2.75) is 121 Å². The van der Waals surface area contributed by atoms with Gasteiger partial charge in [-0.1, -0.05) is 38.8 Å². The fraction of sp³-hybridized carbons (Fsp3) is 0.545. The van der Waals surface area contributed by atoms with Crippen LogP contribution in [0.1, 0.15) is 85.5 Å². The number of aliphatic carboxylic acids is 1. The number of likely N-dealkylation sites (tertiary alicyclic amines) is 1. The van der Waals surface area contributed by atoms with Gasteiger partial charge in [0.1, 0.15) is 47.0 Å². The van der Waals surface area contributed by atoms with Gasteiger partial charge in [-0.25, -0.2) is 19.6 Å². The maximum absolute atomic E-state index is 14.8. The van der Waals surface area contributed by atoms with Crippen LogP contribution in [0.3, 0.4) is 0 Å². The molecule has 7 rings (SSSR count). The van der Waals surface area contributed by atoms with Gasteiger partial charge < -0.3 is 40.7 Å². The second kappa shape index (κ2) is 18.7. The van der Waals surface area contributed by atoms with Crippen LogP contribution in [0, 0.1) is 11.8 Å². The summed E-state index contributed by atoms with van der Waals surface area (Å²) in [7, 11) is 1.56. The molecule has 0 spiro atoms. The third-order valence-corrected chi connectivity index (χ3v) is 12.7. The average Bonchev–Trinajstić information content (AvgIpc) is 3.59. The van der Waals surface area contributed by atoms with Crippen molar-refractivity contribution in [1.82, 2.24) is 35.7 Å². The van der Waals surface area contributed by atoms with E-state index in [0.29, 0.717) is 53.1 Å². The van der Waals surface area contributed by atoms with Gasteiger partial charge in [0.05, 0.1) is 24.9 Å². The number of anilines is 1. The molecule has 2 saturated heterocycles. The summed E-state index contributed by atoms with van der Waals surface area (Å²) in [6.45, 7) is 7.79. The van der Waals surface area contributed by atoms with E-state index in [2.05, 4.69) is 21.3 Å². The standard InChI is InChI=1S/C44H56N8O9S/c1-24(2)37(40(56)51-17-11-14-36(51)53)49-42(59)47-30-13-10-8-6-7-9-12-26-21-44(26,41(57)58)50-38(54)34-19-28(22-52(34)39(30)55)61-35-20-32(33-23-62-43(48-33)45-25(3)4)46-31-18-27(60-5)15-16-29(31)35/h9,12,15-16,18,20,23-26,28,30,34,37H,6-8,10-11,13-14,17,19,21-22H2,1-5H3,(H,45,48)(H,50,54)(H,57,58)(H2,47,49,59)/b12-9-/t26?,28-,30+,34+,37+,44-/m1/s1. The first kappa shape index (κ1) is 44.3. The van der Waals surface area contributed by atoms with Crippen LogP contribution in [0.4, 0.5) is 9.93 Å². The van der Waals surface area contributed by atoms with Gasteiger partial charge in [0, 0.05) is 54.2 Å². The molecule has 2 aromatic heterocycles. The molecule has 3 aromatic rings.